The van der Waals surface area contributed by atoms with E-state index in [2.05, 4.69) is 21.0 Å². The van der Waals surface area contributed by atoms with E-state index in [1.165, 1.54) is 0 Å². The molecule has 4 nitrogen and oxygen atoms in total. The zero-order chi connectivity index (χ0) is 12.4. The van der Waals surface area contributed by atoms with Crippen molar-refractivity contribution < 1.29 is 9.53 Å². The molecule has 0 saturated carbocycles. The number of halogens is 1. The first-order valence-electron chi connectivity index (χ1n) is 5.39. The predicted octanol–water partition coefficient (Wildman–Crippen LogP) is 2.67. The molecule has 0 saturated heterocycles. The van der Waals surface area contributed by atoms with Gasteiger partial charge in [0, 0.05) is 9.86 Å². The molecule has 0 unspecified atom stereocenters. The molecule has 1 aromatic heterocycles. The SMILES string of the molecule is CCOC(=O)Cn1ncc2c(Br)ccc(C)c21. The molecule has 2 aromatic rings. The van der Waals surface area contributed by atoms with Gasteiger partial charge in [0.25, 0.3) is 0 Å². The molecule has 2 rings (SSSR count). The third-order valence-electron chi connectivity index (χ3n) is 2.53. The summed E-state index contributed by atoms with van der Waals surface area (Å²) in [4.78, 5) is 11.5. The average molecular weight is 297 g/mol. The van der Waals surface area contributed by atoms with Gasteiger partial charge in [0.15, 0.2) is 0 Å². The second-order valence-electron chi connectivity index (χ2n) is 3.73. The zero-order valence-electron chi connectivity index (χ0n) is 9.74. The number of nitrogens with zero attached hydrogens (tertiary/aromatic N) is 2. The molecule has 0 aliphatic rings. The van der Waals surface area contributed by atoms with Crippen molar-refractivity contribution >= 4 is 32.8 Å². The van der Waals surface area contributed by atoms with Gasteiger partial charge in [-0.1, -0.05) is 22.0 Å². The molecule has 90 valence electrons. The van der Waals surface area contributed by atoms with Crippen molar-refractivity contribution in [2.45, 2.75) is 20.4 Å². The highest BCUT2D eigenvalue weighted by Gasteiger charge is 2.11. The van der Waals surface area contributed by atoms with Crippen LogP contribution in [0.1, 0.15) is 12.5 Å². The topological polar surface area (TPSA) is 44.1 Å². The molecule has 0 radical (unpaired) electrons. The van der Waals surface area contributed by atoms with Gasteiger partial charge in [-0.3, -0.25) is 9.48 Å². The first-order chi connectivity index (χ1) is 8.13. The maximum Gasteiger partial charge on any atom is 0.327 e. The monoisotopic (exact) mass is 296 g/mol. The molecule has 1 aromatic carbocycles. The van der Waals surface area contributed by atoms with E-state index in [0.717, 1.165) is 20.9 Å². The van der Waals surface area contributed by atoms with Gasteiger partial charge >= 0.3 is 5.97 Å². The van der Waals surface area contributed by atoms with Crippen molar-refractivity contribution in [3.8, 4) is 0 Å². The first-order valence-corrected chi connectivity index (χ1v) is 6.19. The number of aryl methyl sites for hydroxylation is 1. The van der Waals surface area contributed by atoms with Crippen LogP contribution in [0.15, 0.2) is 22.8 Å². The van der Waals surface area contributed by atoms with E-state index in [0.29, 0.717) is 6.61 Å². The predicted molar refractivity (Wildman–Crippen MR) is 68.8 cm³/mol. The maximum atomic E-state index is 11.5. The summed E-state index contributed by atoms with van der Waals surface area (Å²) in [7, 11) is 0. The van der Waals surface area contributed by atoms with Crippen LogP contribution in [-0.4, -0.2) is 22.4 Å². The zero-order valence-corrected chi connectivity index (χ0v) is 11.3. The molecule has 0 spiro atoms. The Morgan fingerprint density at radius 3 is 3.00 bits per heavy atom. The van der Waals surface area contributed by atoms with Crippen LogP contribution in [0.5, 0.6) is 0 Å². The Morgan fingerprint density at radius 1 is 1.53 bits per heavy atom. The fourth-order valence-corrected chi connectivity index (χ4v) is 2.21. The number of carbonyl (C=O) groups is 1. The summed E-state index contributed by atoms with van der Waals surface area (Å²) in [5.41, 5.74) is 2.05. The molecule has 17 heavy (non-hydrogen) atoms. The smallest absolute Gasteiger partial charge is 0.327 e. The third-order valence-corrected chi connectivity index (χ3v) is 3.23. The van der Waals surface area contributed by atoms with E-state index in [-0.39, 0.29) is 12.5 Å². The molecular formula is C12H13BrN2O2. The lowest BCUT2D eigenvalue weighted by atomic mass is 10.2. The number of hydrogen-bond acceptors (Lipinski definition) is 3. The van der Waals surface area contributed by atoms with Gasteiger partial charge in [0.2, 0.25) is 0 Å². The Labute approximate surface area is 108 Å². The van der Waals surface area contributed by atoms with Gasteiger partial charge in [0.1, 0.15) is 6.54 Å². The Hall–Kier alpha value is -1.36. The molecule has 1 heterocycles. The number of esters is 1. The quantitative estimate of drug-likeness (QED) is 0.818. The number of fused-ring (bicyclic) bond motifs is 1. The molecule has 0 atom stereocenters. The van der Waals surface area contributed by atoms with Gasteiger partial charge in [0.05, 0.1) is 18.3 Å². The van der Waals surface area contributed by atoms with Gasteiger partial charge in [-0.05, 0) is 25.5 Å². The number of ether oxygens (including phenoxy) is 1. The molecule has 0 aliphatic carbocycles. The van der Waals surface area contributed by atoms with Crippen LogP contribution < -0.4 is 0 Å². The second kappa shape index (κ2) is 4.87. The van der Waals surface area contributed by atoms with Crippen molar-refractivity contribution in [3.63, 3.8) is 0 Å². The summed E-state index contributed by atoms with van der Waals surface area (Å²) in [5.74, 6) is -0.267. The summed E-state index contributed by atoms with van der Waals surface area (Å²) in [5, 5.41) is 5.23. The Kier molecular flexibility index (Phi) is 3.47. The van der Waals surface area contributed by atoms with E-state index < -0.39 is 0 Å². The van der Waals surface area contributed by atoms with Gasteiger partial charge in [-0.25, -0.2) is 0 Å². The maximum absolute atomic E-state index is 11.5. The van der Waals surface area contributed by atoms with Gasteiger partial charge in [-0.2, -0.15) is 5.10 Å². The highest BCUT2D eigenvalue weighted by molar-refractivity contribution is 9.10. The number of aromatic nitrogens is 2. The van der Waals surface area contributed by atoms with Crippen LogP contribution in [0.2, 0.25) is 0 Å². The lowest BCUT2D eigenvalue weighted by Crippen LogP contribution is -2.14. The van der Waals surface area contributed by atoms with E-state index in [1.54, 1.807) is 17.8 Å². The second-order valence-corrected chi connectivity index (χ2v) is 4.59. The molecule has 0 fully saturated rings. The molecule has 0 amide bonds. The number of benzene rings is 1. The average Bonchev–Trinajstić information content (AvgIpc) is 2.69. The Balaban J connectivity index is 2.42. The summed E-state index contributed by atoms with van der Waals surface area (Å²) in [6.45, 7) is 4.33. The van der Waals surface area contributed by atoms with Crippen LogP contribution in [0, 0.1) is 6.92 Å². The normalized spacial score (nSPS) is 10.8. The Morgan fingerprint density at radius 2 is 2.29 bits per heavy atom. The minimum absolute atomic E-state index is 0.147. The summed E-state index contributed by atoms with van der Waals surface area (Å²) < 4.78 is 7.58. The largest absolute Gasteiger partial charge is 0.465 e. The number of hydrogen-bond donors (Lipinski definition) is 0. The summed E-state index contributed by atoms with van der Waals surface area (Å²) in [6, 6.07) is 3.98. The molecule has 0 aliphatic heterocycles. The standard InChI is InChI=1S/C12H13BrN2O2/c1-3-17-11(16)7-15-12-8(2)4-5-10(13)9(12)6-14-15/h4-6H,3,7H2,1-2H3. The molecular weight excluding hydrogens is 284 g/mol. The molecule has 0 N–H and O–H groups in total. The van der Waals surface area contributed by atoms with Gasteiger partial charge in [-0.15, -0.1) is 0 Å². The van der Waals surface area contributed by atoms with Crippen molar-refractivity contribution in [2.24, 2.45) is 0 Å². The fraction of sp³-hybridized carbons (Fsp3) is 0.333. The van der Waals surface area contributed by atoms with Crippen LogP contribution >= 0.6 is 15.9 Å². The van der Waals surface area contributed by atoms with Crippen LogP contribution in [0.3, 0.4) is 0 Å². The van der Waals surface area contributed by atoms with Crippen molar-refractivity contribution in [1.29, 1.82) is 0 Å². The lowest BCUT2D eigenvalue weighted by Gasteiger charge is -2.06. The highest BCUT2D eigenvalue weighted by Crippen LogP contribution is 2.26. The minimum atomic E-state index is -0.267. The van der Waals surface area contributed by atoms with Crippen LogP contribution in [-0.2, 0) is 16.1 Å². The van der Waals surface area contributed by atoms with Crippen molar-refractivity contribution in [1.82, 2.24) is 9.78 Å². The van der Waals surface area contributed by atoms with Crippen LogP contribution in [0.4, 0.5) is 0 Å². The lowest BCUT2D eigenvalue weighted by molar-refractivity contribution is -0.143. The fourth-order valence-electron chi connectivity index (χ4n) is 1.79. The van der Waals surface area contributed by atoms with Gasteiger partial charge < -0.3 is 4.74 Å². The van der Waals surface area contributed by atoms with E-state index in [1.807, 2.05) is 19.1 Å². The van der Waals surface area contributed by atoms with E-state index >= 15 is 0 Å². The molecule has 5 heteroatoms. The Bertz CT molecular complexity index is 563. The van der Waals surface area contributed by atoms with Crippen LogP contribution in [0.25, 0.3) is 10.9 Å². The number of carbonyl (C=O) groups excluding carboxylic acids is 1. The summed E-state index contributed by atoms with van der Waals surface area (Å²) in [6.07, 6.45) is 1.76. The minimum Gasteiger partial charge on any atom is -0.465 e. The van der Waals surface area contributed by atoms with E-state index in [4.69, 9.17) is 4.74 Å². The number of rotatable bonds is 3. The third kappa shape index (κ3) is 2.34. The highest BCUT2D eigenvalue weighted by atomic mass is 79.9. The molecule has 0 bridgehead atoms. The summed E-state index contributed by atoms with van der Waals surface area (Å²) >= 11 is 3.47. The van der Waals surface area contributed by atoms with Crippen molar-refractivity contribution in [3.05, 3.63) is 28.4 Å². The van der Waals surface area contributed by atoms with E-state index in [9.17, 15) is 4.79 Å². The first kappa shape index (κ1) is 12.1. The van der Waals surface area contributed by atoms with Crippen molar-refractivity contribution in [2.75, 3.05) is 6.61 Å².